The topological polar surface area (TPSA) is 115 Å². The van der Waals surface area contributed by atoms with Crippen molar-refractivity contribution in [1.82, 2.24) is 15.2 Å². The Balaban J connectivity index is 1.32. The molecule has 0 saturated heterocycles. The van der Waals surface area contributed by atoms with E-state index in [0.29, 0.717) is 30.0 Å². The second-order valence-electron chi connectivity index (χ2n) is 9.56. The normalized spacial score (nSPS) is 20.2. The van der Waals surface area contributed by atoms with Crippen LogP contribution in [0.25, 0.3) is 11.6 Å². The summed E-state index contributed by atoms with van der Waals surface area (Å²) in [7, 11) is 1.55. The Hall–Kier alpha value is -4.58. The van der Waals surface area contributed by atoms with Gasteiger partial charge in [0, 0.05) is 31.0 Å². The molecule has 1 aliphatic carbocycles. The van der Waals surface area contributed by atoms with Gasteiger partial charge in [-0.25, -0.2) is 4.99 Å². The lowest BCUT2D eigenvalue weighted by atomic mass is 10.0. The number of para-hydroxylation sites is 1. The van der Waals surface area contributed by atoms with Crippen molar-refractivity contribution in [1.29, 1.82) is 0 Å². The number of nitrogens with one attached hydrogen (secondary N) is 2. The highest BCUT2D eigenvalue weighted by atomic mass is 19.4. The van der Waals surface area contributed by atoms with Gasteiger partial charge >= 0.3 is 12.2 Å². The Morgan fingerprint density at radius 3 is 2.65 bits per heavy atom. The first-order valence-electron chi connectivity index (χ1n) is 12.5. The number of carbonyl (C=O) groups excluding carboxylic acids is 1. The molecule has 1 fully saturated rings. The molecule has 40 heavy (non-hydrogen) atoms. The summed E-state index contributed by atoms with van der Waals surface area (Å²) in [6, 6.07) is 17.7. The maximum absolute atomic E-state index is 13.4. The Bertz CT molecular complexity index is 1590. The van der Waals surface area contributed by atoms with E-state index in [1.54, 1.807) is 13.2 Å². The highest BCUT2D eigenvalue weighted by Gasteiger charge is 2.42. The number of benzene rings is 2. The van der Waals surface area contributed by atoms with Crippen molar-refractivity contribution >= 4 is 23.3 Å². The Morgan fingerprint density at radius 2 is 1.88 bits per heavy atom. The monoisotopic (exact) mass is 548 g/mol. The van der Waals surface area contributed by atoms with Crippen molar-refractivity contribution in [2.75, 3.05) is 24.4 Å². The lowest BCUT2D eigenvalue weighted by molar-refractivity contribution is -0.137. The largest absolute Gasteiger partial charge is 0.417 e. The number of aliphatic imine (C=N–C) groups is 1. The molecule has 2 aromatic carbocycles. The molecule has 4 aromatic rings. The summed E-state index contributed by atoms with van der Waals surface area (Å²) in [5.41, 5.74) is 2.38. The number of nitrogens with zero attached hydrogens (tertiary/aromatic N) is 4. The molecule has 1 amide bonds. The van der Waals surface area contributed by atoms with E-state index in [0.717, 1.165) is 23.4 Å². The molecular weight excluding hydrogens is 525 g/mol. The number of anilines is 2. The second-order valence-corrected chi connectivity index (χ2v) is 9.56. The summed E-state index contributed by atoms with van der Waals surface area (Å²) in [6.45, 7) is 0.415. The third-order valence-corrected chi connectivity index (χ3v) is 6.83. The number of hydrogen-bond donors (Lipinski definition) is 2. The summed E-state index contributed by atoms with van der Waals surface area (Å²) in [6.07, 6.45) is -4.28. The van der Waals surface area contributed by atoms with Crippen LogP contribution in [-0.4, -0.2) is 46.7 Å². The minimum absolute atomic E-state index is 0.0663. The lowest BCUT2D eigenvalue weighted by Crippen LogP contribution is -2.32. The number of aromatic nitrogens is 3. The van der Waals surface area contributed by atoms with Gasteiger partial charge < -0.3 is 19.8 Å². The van der Waals surface area contributed by atoms with Gasteiger partial charge in [0.05, 0.1) is 17.0 Å². The van der Waals surface area contributed by atoms with Crippen LogP contribution in [0.5, 0.6) is 0 Å². The molecule has 12 heteroatoms. The molecule has 1 saturated carbocycles. The van der Waals surface area contributed by atoms with Crippen LogP contribution in [-0.2, 0) is 15.7 Å². The molecular formula is C28H23F3N6O3. The van der Waals surface area contributed by atoms with Crippen molar-refractivity contribution in [2.24, 2.45) is 10.9 Å². The number of pyridine rings is 1. The molecule has 0 bridgehead atoms. The molecule has 0 radical (unpaired) electrons. The van der Waals surface area contributed by atoms with Crippen molar-refractivity contribution in [2.45, 2.75) is 24.7 Å². The number of benzodiazepines with no additional fused rings is 1. The molecule has 0 unspecified atom stereocenters. The third-order valence-electron chi connectivity index (χ3n) is 6.83. The van der Waals surface area contributed by atoms with Gasteiger partial charge in [-0.2, -0.15) is 13.2 Å². The predicted molar refractivity (Wildman–Crippen MR) is 140 cm³/mol. The molecule has 204 valence electrons. The number of methoxy groups -OCH3 is 1. The van der Waals surface area contributed by atoms with E-state index in [-0.39, 0.29) is 29.4 Å². The van der Waals surface area contributed by atoms with E-state index >= 15 is 0 Å². The molecule has 1 aliphatic heterocycles. The smallest absolute Gasteiger partial charge is 0.402 e. The Labute approximate surface area is 226 Å². The number of hydrogen-bond acceptors (Lipinski definition) is 8. The molecule has 9 nitrogen and oxygen atoms in total. The van der Waals surface area contributed by atoms with E-state index < -0.39 is 23.8 Å². The summed E-state index contributed by atoms with van der Waals surface area (Å²) in [5.74, 6) is -0.639. The summed E-state index contributed by atoms with van der Waals surface area (Å²) >= 11 is 0. The molecule has 2 N–H and O–H groups in total. The van der Waals surface area contributed by atoms with Gasteiger partial charge in [0.2, 0.25) is 6.17 Å². The average Bonchev–Trinajstić information content (AvgIpc) is 3.59. The first-order valence-corrected chi connectivity index (χ1v) is 12.5. The fourth-order valence-corrected chi connectivity index (χ4v) is 4.80. The molecule has 0 spiro atoms. The minimum Gasteiger partial charge on any atom is -0.402 e. The molecule has 3 atom stereocenters. The van der Waals surface area contributed by atoms with Gasteiger partial charge in [0.25, 0.3) is 11.8 Å². The highest BCUT2D eigenvalue weighted by Crippen LogP contribution is 2.50. The number of rotatable bonds is 7. The number of halogens is 3. The Kier molecular flexibility index (Phi) is 6.54. The lowest BCUT2D eigenvalue weighted by Gasteiger charge is -2.12. The van der Waals surface area contributed by atoms with Crippen LogP contribution in [0.15, 0.2) is 76.3 Å². The number of amides is 1. The van der Waals surface area contributed by atoms with Crippen LogP contribution in [0.2, 0.25) is 0 Å². The minimum atomic E-state index is -4.55. The van der Waals surface area contributed by atoms with Crippen molar-refractivity contribution in [3.63, 3.8) is 0 Å². The quantitative estimate of drug-likeness (QED) is 0.329. The van der Waals surface area contributed by atoms with E-state index in [4.69, 9.17) is 9.15 Å². The zero-order valence-electron chi connectivity index (χ0n) is 21.1. The third kappa shape index (κ3) is 5.05. The van der Waals surface area contributed by atoms with Crippen LogP contribution >= 0.6 is 0 Å². The van der Waals surface area contributed by atoms with Crippen LogP contribution in [0.1, 0.15) is 34.6 Å². The maximum atomic E-state index is 13.4. The highest BCUT2D eigenvalue weighted by molar-refractivity contribution is 6.19. The van der Waals surface area contributed by atoms with Gasteiger partial charge in [-0.15, -0.1) is 5.10 Å². The van der Waals surface area contributed by atoms with E-state index in [1.165, 1.54) is 0 Å². The van der Waals surface area contributed by atoms with Gasteiger partial charge in [-0.05, 0) is 36.0 Å². The molecule has 6 rings (SSSR count). The first-order chi connectivity index (χ1) is 19.3. The van der Waals surface area contributed by atoms with E-state index in [1.807, 2.05) is 48.5 Å². The number of fused-ring (bicyclic) bond motifs is 1. The zero-order chi connectivity index (χ0) is 27.9. The molecule has 3 heterocycles. The number of carbonyl (C=O) groups is 1. The van der Waals surface area contributed by atoms with Crippen LogP contribution in [0.4, 0.5) is 24.9 Å². The van der Waals surface area contributed by atoms with Crippen molar-refractivity contribution < 1.29 is 27.1 Å². The average molecular weight is 549 g/mol. The van der Waals surface area contributed by atoms with Gasteiger partial charge in [-0.3, -0.25) is 9.78 Å². The summed E-state index contributed by atoms with van der Waals surface area (Å²) in [5, 5.41) is 13.7. The fourth-order valence-electron chi connectivity index (χ4n) is 4.80. The fraction of sp³-hybridized carbons (Fsp3) is 0.250. The first kappa shape index (κ1) is 25.7. The van der Waals surface area contributed by atoms with Crippen molar-refractivity contribution in [3.8, 4) is 11.6 Å². The summed E-state index contributed by atoms with van der Waals surface area (Å²) < 4.78 is 51.3. The zero-order valence-corrected chi connectivity index (χ0v) is 21.1. The maximum Gasteiger partial charge on any atom is 0.417 e. The van der Waals surface area contributed by atoms with Crippen LogP contribution < -0.4 is 10.6 Å². The van der Waals surface area contributed by atoms with Gasteiger partial charge in [0.1, 0.15) is 5.69 Å². The van der Waals surface area contributed by atoms with Gasteiger partial charge in [0.15, 0.2) is 0 Å². The summed E-state index contributed by atoms with van der Waals surface area (Å²) in [4.78, 5) is 21.8. The second kappa shape index (κ2) is 10.2. The van der Waals surface area contributed by atoms with E-state index in [9.17, 15) is 18.0 Å². The SMILES string of the molecule is COC[C@@H]1C[C@H]1c1cc(C(F)(F)F)cnc1-c1nnc(N[C@H]2N=C(c3ccccc3)c3ccccc3NC2=O)o1. The van der Waals surface area contributed by atoms with Crippen molar-refractivity contribution in [3.05, 3.63) is 89.1 Å². The molecule has 2 aromatic heterocycles. The standard InChI is InChI=1S/C28H23F3N6O3/c1-39-14-16-11-19(16)20-12-17(28(29,30)31)13-32-23(20)26-36-37-27(40-26)35-24-25(38)33-21-10-6-5-9-18(21)22(34-24)15-7-3-2-4-8-15/h2-10,12-13,16,19,24H,11,14H2,1H3,(H,33,38)(H,35,37)/t16-,19+,24+/m0/s1. The number of ether oxygens (including phenoxy) is 1. The molecule has 2 aliphatic rings. The van der Waals surface area contributed by atoms with Gasteiger partial charge in [-0.1, -0.05) is 53.6 Å². The van der Waals surface area contributed by atoms with Crippen LogP contribution in [0.3, 0.4) is 0 Å². The Morgan fingerprint density at radius 1 is 1.10 bits per heavy atom. The van der Waals surface area contributed by atoms with Crippen LogP contribution in [0, 0.1) is 5.92 Å². The van der Waals surface area contributed by atoms with E-state index in [2.05, 4.69) is 30.8 Å². The predicted octanol–water partition coefficient (Wildman–Crippen LogP) is 5.13. The number of alkyl halides is 3.